The van der Waals surface area contributed by atoms with Crippen LogP contribution in [0.3, 0.4) is 0 Å². The van der Waals surface area contributed by atoms with Gasteiger partial charge in [-0.15, -0.1) is 0 Å². The van der Waals surface area contributed by atoms with Crippen LogP contribution in [0.1, 0.15) is 17.3 Å². The predicted octanol–water partition coefficient (Wildman–Crippen LogP) is 2.95. The van der Waals surface area contributed by atoms with Gasteiger partial charge in [-0.1, -0.05) is 28.1 Å². The topological polar surface area (TPSA) is 81.4 Å². The van der Waals surface area contributed by atoms with Gasteiger partial charge in [0.15, 0.2) is 6.10 Å². The number of hydrogen-bond donors (Lipinski definition) is 2. The molecule has 0 fully saturated rings. The Morgan fingerprint density at radius 2 is 1.77 bits per heavy atom. The van der Waals surface area contributed by atoms with Crippen molar-refractivity contribution in [3.8, 4) is 5.75 Å². The number of para-hydroxylation sites is 1. The van der Waals surface area contributed by atoms with Gasteiger partial charge < -0.3 is 15.8 Å². The third-order valence-corrected chi connectivity index (χ3v) is 3.47. The van der Waals surface area contributed by atoms with Gasteiger partial charge in [-0.3, -0.25) is 9.59 Å². The first-order valence-electron chi connectivity index (χ1n) is 6.59. The summed E-state index contributed by atoms with van der Waals surface area (Å²) in [5.41, 5.74) is 6.18. The van der Waals surface area contributed by atoms with Crippen molar-refractivity contribution in [2.75, 3.05) is 5.32 Å². The molecule has 0 heterocycles. The van der Waals surface area contributed by atoms with E-state index >= 15 is 0 Å². The van der Waals surface area contributed by atoms with Crippen molar-refractivity contribution in [2.24, 2.45) is 5.73 Å². The molecule has 0 aromatic heterocycles. The largest absolute Gasteiger partial charge is 0.480 e. The van der Waals surface area contributed by atoms with E-state index in [-0.39, 0.29) is 17.2 Å². The molecular weight excluding hydrogens is 348 g/mol. The molecule has 3 N–H and O–H groups in total. The van der Waals surface area contributed by atoms with Gasteiger partial charge in [0.25, 0.3) is 11.8 Å². The zero-order chi connectivity index (χ0) is 16.1. The SMILES string of the molecule is C[C@H](Oc1ccccc1C(N)=O)C(=O)Nc1ccc(Br)cc1. The summed E-state index contributed by atoms with van der Waals surface area (Å²) in [4.78, 5) is 23.5. The second-order valence-electron chi connectivity index (χ2n) is 4.62. The molecule has 2 amide bonds. The van der Waals surface area contributed by atoms with Gasteiger partial charge in [-0.05, 0) is 43.3 Å². The molecule has 114 valence electrons. The molecular formula is C16H15BrN2O3. The monoisotopic (exact) mass is 362 g/mol. The van der Waals surface area contributed by atoms with E-state index < -0.39 is 12.0 Å². The molecule has 0 saturated carbocycles. The third kappa shape index (κ3) is 4.08. The zero-order valence-electron chi connectivity index (χ0n) is 11.9. The van der Waals surface area contributed by atoms with Crippen molar-refractivity contribution in [2.45, 2.75) is 13.0 Å². The molecule has 2 aromatic rings. The third-order valence-electron chi connectivity index (χ3n) is 2.94. The molecule has 0 aliphatic carbocycles. The molecule has 0 aliphatic heterocycles. The standard InChI is InChI=1S/C16H15BrN2O3/c1-10(16(21)19-12-8-6-11(17)7-9-12)22-14-5-3-2-4-13(14)15(18)20/h2-10H,1H3,(H2,18,20)(H,19,21)/t10-/m0/s1. The highest BCUT2D eigenvalue weighted by Gasteiger charge is 2.17. The number of ether oxygens (including phenoxy) is 1. The van der Waals surface area contributed by atoms with Crippen molar-refractivity contribution < 1.29 is 14.3 Å². The van der Waals surface area contributed by atoms with E-state index in [1.165, 1.54) is 0 Å². The van der Waals surface area contributed by atoms with Crippen LogP contribution in [-0.2, 0) is 4.79 Å². The Balaban J connectivity index is 2.05. The quantitative estimate of drug-likeness (QED) is 0.857. The van der Waals surface area contributed by atoms with Crippen molar-refractivity contribution in [3.05, 3.63) is 58.6 Å². The van der Waals surface area contributed by atoms with E-state index in [0.717, 1.165) is 4.47 Å². The van der Waals surface area contributed by atoms with Gasteiger partial charge in [-0.25, -0.2) is 0 Å². The number of rotatable bonds is 5. The summed E-state index contributed by atoms with van der Waals surface area (Å²) in [5, 5.41) is 2.74. The molecule has 0 saturated heterocycles. The van der Waals surface area contributed by atoms with Gasteiger partial charge in [0, 0.05) is 10.2 Å². The van der Waals surface area contributed by atoms with Crippen LogP contribution in [0.25, 0.3) is 0 Å². The van der Waals surface area contributed by atoms with E-state index in [4.69, 9.17) is 10.5 Å². The van der Waals surface area contributed by atoms with Gasteiger partial charge in [0.1, 0.15) is 5.75 Å². The molecule has 0 aliphatic rings. The summed E-state index contributed by atoms with van der Waals surface area (Å²) >= 11 is 3.33. The minimum atomic E-state index is -0.774. The fourth-order valence-corrected chi connectivity index (χ4v) is 2.06. The van der Waals surface area contributed by atoms with Gasteiger partial charge in [0.2, 0.25) is 0 Å². The number of carbonyl (C=O) groups excluding carboxylic acids is 2. The summed E-state index contributed by atoms with van der Waals surface area (Å²) in [6.45, 7) is 1.60. The lowest BCUT2D eigenvalue weighted by Gasteiger charge is -2.16. The molecule has 0 unspecified atom stereocenters. The first-order chi connectivity index (χ1) is 10.5. The summed E-state index contributed by atoms with van der Waals surface area (Å²) in [6, 6.07) is 13.7. The van der Waals surface area contributed by atoms with Crippen LogP contribution in [0.5, 0.6) is 5.75 Å². The summed E-state index contributed by atoms with van der Waals surface area (Å²) < 4.78 is 6.46. The van der Waals surface area contributed by atoms with Crippen molar-refractivity contribution in [1.82, 2.24) is 0 Å². The number of hydrogen-bond acceptors (Lipinski definition) is 3. The maximum Gasteiger partial charge on any atom is 0.265 e. The Morgan fingerprint density at radius 3 is 2.41 bits per heavy atom. The number of nitrogens with two attached hydrogens (primary N) is 1. The van der Waals surface area contributed by atoms with E-state index in [1.54, 1.807) is 43.3 Å². The van der Waals surface area contributed by atoms with Crippen LogP contribution >= 0.6 is 15.9 Å². The minimum Gasteiger partial charge on any atom is -0.480 e. The number of nitrogens with one attached hydrogen (secondary N) is 1. The Morgan fingerprint density at radius 1 is 1.14 bits per heavy atom. The fraction of sp³-hybridized carbons (Fsp3) is 0.125. The van der Waals surface area contributed by atoms with E-state index in [2.05, 4.69) is 21.2 Å². The number of halogens is 1. The Bertz CT molecular complexity index is 686. The summed E-state index contributed by atoms with van der Waals surface area (Å²) in [6.07, 6.45) is -0.774. The maximum absolute atomic E-state index is 12.1. The molecule has 5 nitrogen and oxygen atoms in total. The minimum absolute atomic E-state index is 0.241. The molecule has 2 aromatic carbocycles. The number of primary amides is 1. The van der Waals surface area contributed by atoms with Crippen LogP contribution in [0.2, 0.25) is 0 Å². The highest BCUT2D eigenvalue weighted by molar-refractivity contribution is 9.10. The molecule has 0 radical (unpaired) electrons. The maximum atomic E-state index is 12.1. The lowest BCUT2D eigenvalue weighted by molar-refractivity contribution is -0.122. The van der Waals surface area contributed by atoms with Gasteiger partial charge in [-0.2, -0.15) is 0 Å². The van der Waals surface area contributed by atoms with Crippen LogP contribution in [-0.4, -0.2) is 17.9 Å². The number of anilines is 1. The second kappa shape index (κ2) is 7.09. The summed E-state index contributed by atoms with van der Waals surface area (Å²) in [7, 11) is 0. The van der Waals surface area contributed by atoms with Crippen molar-refractivity contribution in [1.29, 1.82) is 0 Å². The number of amides is 2. The lowest BCUT2D eigenvalue weighted by atomic mass is 10.2. The van der Waals surface area contributed by atoms with Crippen LogP contribution in [0, 0.1) is 0 Å². The van der Waals surface area contributed by atoms with Crippen LogP contribution in [0.4, 0.5) is 5.69 Å². The molecule has 22 heavy (non-hydrogen) atoms. The molecule has 1 atom stereocenters. The Kier molecular flexibility index (Phi) is 5.16. The average Bonchev–Trinajstić information content (AvgIpc) is 2.49. The molecule has 2 rings (SSSR count). The van der Waals surface area contributed by atoms with E-state index in [1.807, 2.05) is 12.1 Å². The average molecular weight is 363 g/mol. The van der Waals surface area contributed by atoms with E-state index in [0.29, 0.717) is 5.69 Å². The van der Waals surface area contributed by atoms with E-state index in [9.17, 15) is 9.59 Å². The number of benzene rings is 2. The Labute approximate surface area is 136 Å². The highest BCUT2D eigenvalue weighted by atomic mass is 79.9. The normalized spacial score (nSPS) is 11.5. The van der Waals surface area contributed by atoms with Crippen molar-refractivity contribution >= 4 is 33.4 Å². The van der Waals surface area contributed by atoms with Crippen LogP contribution in [0.15, 0.2) is 53.0 Å². The van der Waals surface area contributed by atoms with Crippen LogP contribution < -0.4 is 15.8 Å². The fourth-order valence-electron chi connectivity index (χ4n) is 1.79. The smallest absolute Gasteiger partial charge is 0.265 e. The van der Waals surface area contributed by atoms with Gasteiger partial charge in [0.05, 0.1) is 5.56 Å². The number of carbonyl (C=O) groups is 2. The molecule has 0 spiro atoms. The second-order valence-corrected chi connectivity index (χ2v) is 5.53. The molecule has 6 heteroatoms. The lowest BCUT2D eigenvalue weighted by Crippen LogP contribution is -2.30. The first-order valence-corrected chi connectivity index (χ1v) is 7.38. The summed E-state index contributed by atoms with van der Waals surface area (Å²) in [5.74, 6) is -0.633. The highest BCUT2D eigenvalue weighted by Crippen LogP contribution is 2.19. The van der Waals surface area contributed by atoms with Gasteiger partial charge >= 0.3 is 0 Å². The van der Waals surface area contributed by atoms with Crippen molar-refractivity contribution in [3.63, 3.8) is 0 Å². The Hall–Kier alpha value is -2.34. The molecule has 0 bridgehead atoms. The predicted molar refractivity (Wildman–Crippen MR) is 87.8 cm³/mol. The first kappa shape index (κ1) is 16.0. The zero-order valence-corrected chi connectivity index (χ0v) is 13.5.